The Labute approximate surface area is 93.0 Å². The van der Waals surface area contributed by atoms with E-state index in [1.165, 1.54) is 11.1 Å². The summed E-state index contributed by atoms with van der Waals surface area (Å²) in [5.41, 5.74) is 9.75. The molecule has 1 heteroatoms. The van der Waals surface area contributed by atoms with Crippen molar-refractivity contribution in [3.8, 4) is 0 Å². The molecule has 1 atom stereocenters. The zero-order valence-corrected chi connectivity index (χ0v) is 9.96. The van der Waals surface area contributed by atoms with Gasteiger partial charge in [-0.2, -0.15) is 0 Å². The Morgan fingerprint density at radius 3 is 2.07 bits per heavy atom. The Bertz CT molecular complexity index is 322. The highest BCUT2D eigenvalue weighted by Crippen LogP contribution is 2.20. The average Bonchev–Trinajstić information content (AvgIpc) is 2.17. The van der Waals surface area contributed by atoms with Crippen LogP contribution < -0.4 is 5.73 Å². The van der Waals surface area contributed by atoms with Gasteiger partial charge >= 0.3 is 0 Å². The van der Waals surface area contributed by atoms with Crippen LogP contribution in [0.2, 0.25) is 0 Å². The van der Waals surface area contributed by atoms with E-state index in [1.54, 1.807) is 0 Å². The van der Waals surface area contributed by atoms with E-state index in [-0.39, 0.29) is 6.04 Å². The Morgan fingerprint density at radius 2 is 1.67 bits per heavy atom. The van der Waals surface area contributed by atoms with Gasteiger partial charge in [-0.1, -0.05) is 43.7 Å². The van der Waals surface area contributed by atoms with E-state index in [0.717, 1.165) is 12.0 Å². The van der Waals surface area contributed by atoms with Crippen LogP contribution in [0.5, 0.6) is 0 Å². The van der Waals surface area contributed by atoms with Crippen LogP contribution in [-0.4, -0.2) is 0 Å². The number of hydrogen-bond donors (Lipinski definition) is 1. The Hall–Kier alpha value is -1.08. The molecule has 0 aromatic heterocycles. The van der Waals surface area contributed by atoms with Crippen LogP contribution in [0.1, 0.15) is 50.3 Å². The maximum Gasteiger partial charge on any atom is 0.0332 e. The standard InChI is InChI=1S/C14H21N/c1-10(2)9-14(15)13-7-5-12(6-8-13)11(3)4/h5-8,11,14H,1,9,15H2,2-4H3/t14-/m0/s1. The van der Waals surface area contributed by atoms with Crippen LogP contribution >= 0.6 is 0 Å². The van der Waals surface area contributed by atoms with Crippen molar-refractivity contribution in [2.24, 2.45) is 5.73 Å². The fraction of sp³-hybridized carbons (Fsp3) is 0.429. The number of hydrogen-bond acceptors (Lipinski definition) is 1. The second-order valence-corrected chi connectivity index (χ2v) is 4.59. The molecule has 0 fully saturated rings. The molecule has 0 unspecified atom stereocenters. The van der Waals surface area contributed by atoms with E-state index in [4.69, 9.17) is 5.73 Å². The molecule has 0 spiro atoms. The summed E-state index contributed by atoms with van der Waals surface area (Å²) in [6.07, 6.45) is 0.862. The second kappa shape index (κ2) is 5.13. The number of rotatable bonds is 4. The molecule has 0 aliphatic heterocycles. The topological polar surface area (TPSA) is 26.0 Å². The van der Waals surface area contributed by atoms with Crippen molar-refractivity contribution in [3.63, 3.8) is 0 Å². The number of nitrogens with two attached hydrogens (primary N) is 1. The van der Waals surface area contributed by atoms with Gasteiger partial charge in [0.25, 0.3) is 0 Å². The van der Waals surface area contributed by atoms with Crippen LogP contribution in [0.3, 0.4) is 0 Å². The first-order valence-corrected chi connectivity index (χ1v) is 5.50. The summed E-state index contributed by atoms with van der Waals surface area (Å²) >= 11 is 0. The van der Waals surface area contributed by atoms with Crippen molar-refractivity contribution in [3.05, 3.63) is 47.5 Å². The van der Waals surface area contributed by atoms with Gasteiger partial charge in [0.15, 0.2) is 0 Å². The highest BCUT2D eigenvalue weighted by Gasteiger charge is 2.06. The third kappa shape index (κ3) is 3.52. The molecule has 1 nitrogen and oxygen atoms in total. The molecule has 0 bridgehead atoms. The molecule has 0 saturated carbocycles. The first-order valence-electron chi connectivity index (χ1n) is 5.50. The molecule has 2 N–H and O–H groups in total. The second-order valence-electron chi connectivity index (χ2n) is 4.59. The molecule has 0 amide bonds. The molecular weight excluding hydrogens is 182 g/mol. The SMILES string of the molecule is C=C(C)C[C@H](N)c1ccc(C(C)C)cc1. The molecule has 0 radical (unpaired) electrons. The monoisotopic (exact) mass is 203 g/mol. The lowest BCUT2D eigenvalue weighted by molar-refractivity contribution is 0.715. The van der Waals surface area contributed by atoms with Gasteiger partial charge in [-0.15, -0.1) is 6.58 Å². The van der Waals surface area contributed by atoms with Crippen molar-refractivity contribution < 1.29 is 0 Å². The fourth-order valence-electron chi connectivity index (χ4n) is 1.62. The maximum atomic E-state index is 6.06. The summed E-state index contributed by atoms with van der Waals surface area (Å²) in [5.74, 6) is 0.580. The summed E-state index contributed by atoms with van der Waals surface area (Å²) < 4.78 is 0. The molecule has 0 saturated heterocycles. The van der Waals surface area contributed by atoms with Crippen molar-refractivity contribution in [2.75, 3.05) is 0 Å². The lowest BCUT2D eigenvalue weighted by Gasteiger charge is -2.13. The van der Waals surface area contributed by atoms with Gasteiger partial charge in [-0.25, -0.2) is 0 Å². The Kier molecular flexibility index (Phi) is 4.10. The molecule has 82 valence electrons. The molecule has 1 aromatic rings. The predicted molar refractivity (Wildman–Crippen MR) is 66.9 cm³/mol. The van der Waals surface area contributed by atoms with E-state index < -0.39 is 0 Å². The minimum Gasteiger partial charge on any atom is -0.324 e. The van der Waals surface area contributed by atoms with Crippen molar-refractivity contribution >= 4 is 0 Å². The van der Waals surface area contributed by atoms with Gasteiger partial charge in [-0.05, 0) is 30.4 Å². The molecule has 1 aromatic carbocycles. The summed E-state index contributed by atoms with van der Waals surface area (Å²) in [5, 5.41) is 0. The van der Waals surface area contributed by atoms with E-state index >= 15 is 0 Å². The number of benzene rings is 1. The minimum absolute atomic E-state index is 0.0868. The summed E-state index contributed by atoms with van der Waals surface area (Å²) in [6, 6.07) is 8.67. The Balaban J connectivity index is 2.75. The third-order valence-electron chi connectivity index (χ3n) is 2.60. The molecule has 15 heavy (non-hydrogen) atoms. The van der Waals surface area contributed by atoms with E-state index in [2.05, 4.69) is 44.7 Å². The van der Waals surface area contributed by atoms with E-state index in [9.17, 15) is 0 Å². The van der Waals surface area contributed by atoms with Gasteiger partial charge in [-0.3, -0.25) is 0 Å². The normalized spacial score (nSPS) is 12.9. The maximum absolute atomic E-state index is 6.06. The summed E-state index contributed by atoms with van der Waals surface area (Å²) in [4.78, 5) is 0. The van der Waals surface area contributed by atoms with Crippen molar-refractivity contribution in [1.82, 2.24) is 0 Å². The van der Waals surface area contributed by atoms with E-state index in [0.29, 0.717) is 5.92 Å². The predicted octanol–water partition coefficient (Wildman–Crippen LogP) is 3.78. The molecule has 0 heterocycles. The highest BCUT2D eigenvalue weighted by atomic mass is 14.6. The summed E-state index contributed by atoms with van der Waals surface area (Å²) in [7, 11) is 0. The van der Waals surface area contributed by atoms with E-state index in [1.807, 2.05) is 6.92 Å². The van der Waals surface area contributed by atoms with Gasteiger partial charge in [0.05, 0.1) is 0 Å². The van der Waals surface area contributed by atoms with Crippen molar-refractivity contribution in [2.45, 2.75) is 39.2 Å². The minimum atomic E-state index is 0.0868. The molecule has 0 aliphatic rings. The van der Waals surface area contributed by atoms with Crippen LogP contribution in [0.25, 0.3) is 0 Å². The van der Waals surface area contributed by atoms with Crippen LogP contribution in [-0.2, 0) is 0 Å². The Morgan fingerprint density at radius 1 is 1.20 bits per heavy atom. The lowest BCUT2D eigenvalue weighted by atomic mass is 9.97. The summed E-state index contributed by atoms with van der Waals surface area (Å²) in [6.45, 7) is 10.3. The van der Waals surface area contributed by atoms with Crippen LogP contribution in [0.4, 0.5) is 0 Å². The van der Waals surface area contributed by atoms with Gasteiger partial charge in [0.2, 0.25) is 0 Å². The van der Waals surface area contributed by atoms with Gasteiger partial charge in [0.1, 0.15) is 0 Å². The van der Waals surface area contributed by atoms with Crippen LogP contribution in [0.15, 0.2) is 36.4 Å². The largest absolute Gasteiger partial charge is 0.324 e. The molecule has 1 rings (SSSR count). The average molecular weight is 203 g/mol. The zero-order valence-electron chi connectivity index (χ0n) is 9.96. The zero-order chi connectivity index (χ0) is 11.4. The lowest BCUT2D eigenvalue weighted by Crippen LogP contribution is -2.10. The first-order chi connectivity index (χ1) is 7.00. The quantitative estimate of drug-likeness (QED) is 0.740. The van der Waals surface area contributed by atoms with Crippen LogP contribution in [0, 0.1) is 0 Å². The van der Waals surface area contributed by atoms with Gasteiger partial charge in [0, 0.05) is 6.04 Å². The molecular formula is C14H21N. The van der Waals surface area contributed by atoms with Crippen molar-refractivity contribution in [1.29, 1.82) is 0 Å². The molecule has 0 aliphatic carbocycles. The first kappa shape index (κ1) is 12.0. The highest BCUT2D eigenvalue weighted by molar-refractivity contribution is 5.27. The third-order valence-corrected chi connectivity index (χ3v) is 2.60. The van der Waals surface area contributed by atoms with Gasteiger partial charge < -0.3 is 5.73 Å². The fourth-order valence-corrected chi connectivity index (χ4v) is 1.62. The smallest absolute Gasteiger partial charge is 0.0332 e.